The number of nitrogens with zero attached hydrogens (tertiary/aromatic N) is 1. The molecule has 0 saturated heterocycles. The van der Waals surface area contributed by atoms with E-state index >= 15 is 0 Å². The molecule has 7 heteroatoms. The first kappa shape index (κ1) is 22.4. The standard InChI is InChI=1S/C22H26ClN3O3/c1-15(2)12-19(22(28)26-24-13-17-9-5-6-10-18(17)23)25-21(27)14-29-20-11-7-4-8-16(20)3/h4-11,13,15,19H,12,14H2,1-3H3,(H,25,27)(H,26,28)/b24-13-/t19-/m1/s1. The lowest BCUT2D eigenvalue weighted by atomic mass is 10.0. The highest BCUT2D eigenvalue weighted by Gasteiger charge is 2.22. The molecule has 0 unspecified atom stereocenters. The van der Waals surface area contributed by atoms with Gasteiger partial charge in [0.15, 0.2) is 6.61 Å². The summed E-state index contributed by atoms with van der Waals surface area (Å²) in [6.45, 7) is 5.68. The number of carbonyl (C=O) groups excluding carboxylic acids is 2. The molecule has 0 saturated carbocycles. The smallest absolute Gasteiger partial charge is 0.262 e. The third kappa shape index (κ3) is 7.58. The Morgan fingerprint density at radius 2 is 1.83 bits per heavy atom. The van der Waals surface area contributed by atoms with Gasteiger partial charge in [0.25, 0.3) is 11.8 Å². The lowest BCUT2D eigenvalue weighted by Crippen LogP contribution is -2.47. The van der Waals surface area contributed by atoms with Crippen molar-refractivity contribution in [1.82, 2.24) is 10.7 Å². The van der Waals surface area contributed by atoms with Crippen LogP contribution >= 0.6 is 11.6 Å². The Hall–Kier alpha value is -2.86. The van der Waals surface area contributed by atoms with E-state index in [1.807, 2.05) is 51.1 Å². The normalized spacial score (nSPS) is 12.0. The van der Waals surface area contributed by atoms with Gasteiger partial charge in [-0.3, -0.25) is 9.59 Å². The van der Waals surface area contributed by atoms with Crippen LogP contribution in [0.2, 0.25) is 5.02 Å². The number of amides is 2. The van der Waals surface area contributed by atoms with E-state index in [1.54, 1.807) is 18.2 Å². The summed E-state index contributed by atoms with van der Waals surface area (Å²) in [5.41, 5.74) is 4.09. The number of carbonyl (C=O) groups is 2. The van der Waals surface area contributed by atoms with Gasteiger partial charge >= 0.3 is 0 Å². The number of hydrogen-bond donors (Lipinski definition) is 2. The number of aryl methyl sites for hydroxylation is 1. The molecule has 0 aromatic heterocycles. The summed E-state index contributed by atoms with van der Waals surface area (Å²) in [4.78, 5) is 24.8. The SMILES string of the molecule is Cc1ccccc1OCC(=O)N[C@H](CC(C)C)C(=O)N/N=C\c1ccccc1Cl. The van der Waals surface area contributed by atoms with Crippen molar-refractivity contribution in [2.75, 3.05) is 6.61 Å². The quantitative estimate of drug-likeness (QED) is 0.484. The zero-order chi connectivity index (χ0) is 21.2. The third-order valence-corrected chi connectivity index (χ3v) is 4.44. The average Bonchev–Trinajstić information content (AvgIpc) is 2.68. The van der Waals surface area contributed by atoms with E-state index in [0.29, 0.717) is 22.8 Å². The molecule has 0 fully saturated rings. The number of ether oxygens (including phenoxy) is 1. The van der Waals surface area contributed by atoms with Crippen LogP contribution in [-0.4, -0.2) is 30.7 Å². The molecule has 29 heavy (non-hydrogen) atoms. The monoisotopic (exact) mass is 415 g/mol. The van der Waals surface area contributed by atoms with E-state index in [2.05, 4.69) is 15.8 Å². The van der Waals surface area contributed by atoms with E-state index in [0.717, 1.165) is 5.56 Å². The fourth-order valence-corrected chi connectivity index (χ4v) is 2.81. The molecular formula is C22H26ClN3O3. The van der Waals surface area contributed by atoms with Gasteiger partial charge in [-0.1, -0.05) is 61.8 Å². The van der Waals surface area contributed by atoms with Crippen molar-refractivity contribution in [2.24, 2.45) is 11.0 Å². The number of para-hydroxylation sites is 1. The molecular weight excluding hydrogens is 390 g/mol. The molecule has 154 valence electrons. The second-order valence-electron chi connectivity index (χ2n) is 7.06. The Balaban J connectivity index is 1.93. The van der Waals surface area contributed by atoms with Gasteiger partial charge in [-0.2, -0.15) is 5.10 Å². The van der Waals surface area contributed by atoms with Gasteiger partial charge in [0.2, 0.25) is 0 Å². The number of hydrogen-bond acceptors (Lipinski definition) is 4. The van der Waals surface area contributed by atoms with Crippen molar-refractivity contribution in [3.63, 3.8) is 0 Å². The number of benzene rings is 2. The Morgan fingerprint density at radius 1 is 1.14 bits per heavy atom. The summed E-state index contributed by atoms with van der Waals surface area (Å²) in [6.07, 6.45) is 1.94. The number of halogens is 1. The maximum absolute atomic E-state index is 12.5. The summed E-state index contributed by atoms with van der Waals surface area (Å²) in [7, 11) is 0. The molecule has 6 nitrogen and oxygen atoms in total. The molecule has 0 spiro atoms. The van der Waals surface area contributed by atoms with E-state index in [1.165, 1.54) is 6.21 Å². The highest BCUT2D eigenvalue weighted by Crippen LogP contribution is 2.16. The topological polar surface area (TPSA) is 79.8 Å². The van der Waals surface area contributed by atoms with Crippen molar-refractivity contribution < 1.29 is 14.3 Å². The van der Waals surface area contributed by atoms with E-state index < -0.39 is 11.9 Å². The van der Waals surface area contributed by atoms with Crippen LogP contribution in [0.15, 0.2) is 53.6 Å². The highest BCUT2D eigenvalue weighted by molar-refractivity contribution is 6.33. The predicted molar refractivity (Wildman–Crippen MR) is 115 cm³/mol. The van der Waals surface area contributed by atoms with Crippen LogP contribution in [0, 0.1) is 12.8 Å². The molecule has 2 aromatic carbocycles. The van der Waals surface area contributed by atoms with E-state index in [9.17, 15) is 9.59 Å². The molecule has 0 aliphatic rings. The Bertz CT molecular complexity index is 868. The van der Waals surface area contributed by atoms with Crippen LogP contribution in [0.1, 0.15) is 31.4 Å². The molecule has 0 aliphatic carbocycles. The summed E-state index contributed by atoms with van der Waals surface area (Å²) in [5.74, 6) is 0.0723. The maximum atomic E-state index is 12.5. The lowest BCUT2D eigenvalue weighted by molar-refractivity contribution is -0.130. The minimum atomic E-state index is -0.716. The minimum Gasteiger partial charge on any atom is -0.484 e. The molecule has 2 rings (SSSR count). The molecule has 2 amide bonds. The summed E-state index contributed by atoms with van der Waals surface area (Å²) in [6, 6.07) is 13.9. The van der Waals surface area contributed by atoms with Crippen LogP contribution in [0.3, 0.4) is 0 Å². The minimum absolute atomic E-state index is 0.171. The Morgan fingerprint density at radius 3 is 2.52 bits per heavy atom. The summed E-state index contributed by atoms with van der Waals surface area (Å²) in [5, 5.41) is 7.21. The fourth-order valence-electron chi connectivity index (χ4n) is 2.62. The van der Waals surface area contributed by atoms with Gasteiger partial charge in [-0.15, -0.1) is 0 Å². The first-order valence-electron chi connectivity index (χ1n) is 9.42. The number of nitrogens with one attached hydrogen (secondary N) is 2. The van der Waals surface area contributed by atoms with E-state index in [-0.39, 0.29) is 18.4 Å². The summed E-state index contributed by atoms with van der Waals surface area (Å²) < 4.78 is 5.55. The van der Waals surface area contributed by atoms with Crippen molar-refractivity contribution in [1.29, 1.82) is 0 Å². The first-order valence-corrected chi connectivity index (χ1v) is 9.80. The second-order valence-corrected chi connectivity index (χ2v) is 7.47. The van der Waals surface area contributed by atoms with Gasteiger partial charge in [0, 0.05) is 10.6 Å². The zero-order valence-electron chi connectivity index (χ0n) is 16.8. The highest BCUT2D eigenvalue weighted by atomic mass is 35.5. The van der Waals surface area contributed by atoms with Crippen LogP contribution in [0.5, 0.6) is 5.75 Å². The molecule has 2 N–H and O–H groups in total. The van der Waals surface area contributed by atoms with Crippen LogP contribution in [0.25, 0.3) is 0 Å². The van der Waals surface area contributed by atoms with Gasteiger partial charge in [0.1, 0.15) is 11.8 Å². The van der Waals surface area contributed by atoms with Crippen LogP contribution < -0.4 is 15.5 Å². The number of rotatable bonds is 9. The fraction of sp³-hybridized carbons (Fsp3) is 0.318. The second kappa shape index (κ2) is 11.2. The van der Waals surface area contributed by atoms with Crippen molar-refractivity contribution in [2.45, 2.75) is 33.2 Å². The molecule has 0 bridgehead atoms. The van der Waals surface area contributed by atoms with Gasteiger partial charge in [0.05, 0.1) is 6.21 Å². The predicted octanol–water partition coefficient (Wildman–Crippen LogP) is 3.71. The Labute approximate surface area is 176 Å². The summed E-state index contributed by atoms with van der Waals surface area (Å²) >= 11 is 6.06. The lowest BCUT2D eigenvalue weighted by Gasteiger charge is -2.19. The maximum Gasteiger partial charge on any atom is 0.262 e. The average molecular weight is 416 g/mol. The van der Waals surface area contributed by atoms with Crippen molar-refractivity contribution in [3.05, 3.63) is 64.7 Å². The van der Waals surface area contributed by atoms with E-state index in [4.69, 9.17) is 16.3 Å². The molecule has 1 atom stereocenters. The largest absolute Gasteiger partial charge is 0.484 e. The van der Waals surface area contributed by atoms with Crippen LogP contribution in [-0.2, 0) is 9.59 Å². The molecule has 2 aromatic rings. The first-order chi connectivity index (χ1) is 13.9. The van der Waals surface area contributed by atoms with Crippen LogP contribution in [0.4, 0.5) is 0 Å². The zero-order valence-corrected chi connectivity index (χ0v) is 17.6. The number of hydrazone groups is 1. The molecule has 0 heterocycles. The van der Waals surface area contributed by atoms with Gasteiger partial charge in [-0.05, 0) is 37.0 Å². The van der Waals surface area contributed by atoms with Gasteiger partial charge in [-0.25, -0.2) is 5.43 Å². The van der Waals surface area contributed by atoms with Crippen molar-refractivity contribution in [3.8, 4) is 5.75 Å². The van der Waals surface area contributed by atoms with Gasteiger partial charge < -0.3 is 10.1 Å². The Kier molecular flexibility index (Phi) is 8.68. The molecule has 0 radical (unpaired) electrons. The van der Waals surface area contributed by atoms with Crippen molar-refractivity contribution >= 4 is 29.6 Å². The third-order valence-electron chi connectivity index (χ3n) is 4.09. The molecule has 0 aliphatic heterocycles.